The second-order valence-electron chi connectivity index (χ2n) is 6.52. The maximum absolute atomic E-state index is 13.0. The molecule has 0 saturated heterocycles. The second kappa shape index (κ2) is 8.21. The summed E-state index contributed by atoms with van der Waals surface area (Å²) in [6.45, 7) is 4.24. The normalized spacial score (nSPS) is 18.0. The van der Waals surface area contributed by atoms with Crippen LogP contribution in [0.25, 0.3) is 0 Å². The van der Waals surface area contributed by atoms with Crippen LogP contribution in [0.4, 0.5) is 5.69 Å². The van der Waals surface area contributed by atoms with E-state index in [2.05, 4.69) is 0 Å². The molecule has 2 heterocycles. The highest BCUT2D eigenvalue weighted by molar-refractivity contribution is 8.13. The molecule has 2 aliphatic rings. The highest BCUT2D eigenvalue weighted by Crippen LogP contribution is 2.42. The van der Waals surface area contributed by atoms with E-state index in [0.29, 0.717) is 23.7 Å². The van der Waals surface area contributed by atoms with E-state index in [1.54, 1.807) is 6.92 Å². The molecule has 0 aromatic heterocycles. The van der Waals surface area contributed by atoms with Gasteiger partial charge >= 0.3 is 5.97 Å². The SMILES string of the molecule is CCOC(=O)C1=C(C)N(c2ccccc2)C(SC)=NC1c1ccc2c(c1)OCO2. The van der Waals surface area contributed by atoms with Crippen molar-refractivity contribution in [3.05, 3.63) is 65.4 Å². The molecule has 1 atom stereocenters. The maximum atomic E-state index is 13.0. The van der Waals surface area contributed by atoms with Crippen molar-refractivity contribution in [1.29, 1.82) is 0 Å². The Morgan fingerprint density at radius 3 is 2.69 bits per heavy atom. The fourth-order valence-electron chi connectivity index (χ4n) is 3.51. The maximum Gasteiger partial charge on any atom is 0.338 e. The molecule has 0 spiro atoms. The molecule has 0 saturated carbocycles. The van der Waals surface area contributed by atoms with Crippen LogP contribution in [0.5, 0.6) is 11.5 Å². The van der Waals surface area contributed by atoms with Crippen LogP contribution in [0, 0.1) is 0 Å². The van der Waals surface area contributed by atoms with Gasteiger partial charge in [0.15, 0.2) is 16.7 Å². The third-order valence-electron chi connectivity index (χ3n) is 4.83. The van der Waals surface area contributed by atoms with Gasteiger partial charge in [0.2, 0.25) is 6.79 Å². The van der Waals surface area contributed by atoms with Gasteiger partial charge in [-0.15, -0.1) is 0 Å². The van der Waals surface area contributed by atoms with Gasteiger partial charge in [-0.25, -0.2) is 9.79 Å². The molecule has 29 heavy (non-hydrogen) atoms. The van der Waals surface area contributed by atoms with E-state index >= 15 is 0 Å². The molecule has 2 aromatic carbocycles. The first kappa shape index (κ1) is 19.4. The Hall–Kier alpha value is -2.93. The number of ether oxygens (including phenoxy) is 3. The topological polar surface area (TPSA) is 60.4 Å². The van der Waals surface area contributed by atoms with Crippen molar-refractivity contribution in [2.45, 2.75) is 19.9 Å². The molecule has 4 rings (SSSR count). The zero-order chi connectivity index (χ0) is 20.4. The predicted octanol–water partition coefficient (Wildman–Crippen LogP) is 4.53. The number of hydrogen-bond donors (Lipinski definition) is 0. The Morgan fingerprint density at radius 1 is 1.21 bits per heavy atom. The van der Waals surface area contributed by atoms with Crippen LogP contribution in [0.1, 0.15) is 25.5 Å². The molecule has 0 aliphatic carbocycles. The number of allylic oxidation sites excluding steroid dienone is 1. The van der Waals surface area contributed by atoms with Crippen molar-refractivity contribution in [1.82, 2.24) is 0 Å². The molecule has 0 N–H and O–H groups in total. The summed E-state index contributed by atoms with van der Waals surface area (Å²) in [6.07, 6.45) is 1.98. The number of carbonyl (C=O) groups is 1. The van der Waals surface area contributed by atoms with Crippen molar-refractivity contribution in [3.8, 4) is 11.5 Å². The van der Waals surface area contributed by atoms with E-state index in [-0.39, 0.29) is 12.8 Å². The first-order chi connectivity index (χ1) is 14.1. The van der Waals surface area contributed by atoms with E-state index in [1.807, 2.05) is 66.6 Å². The summed E-state index contributed by atoms with van der Waals surface area (Å²) in [5, 5.41) is 0.810. The van der Waals surface area contributed by atoms with Crippen LogP contribution in [0.3, 0.4) is 0 Å². The fraction of sp³-hybridized carbons (Fsp3) is 0.273. The zero-order valence-corrected chi connectivity index (χ0v) is 17.4. The second-order valence-corrected chi connectivity index (χ2v) is 7.29. The highest BCUT2D eigenvalue weighted by Gasteiger charge is 2.35. The number of amidine groups is 1. The van der Waals surface area contributed by atoms with E-state index < -0.39 is 6.04 Å². The van der Waals surface area contributed by atoms with Gasteiger partial charge in [-0.1, -0.05) is 36.0 Å². The molecular weight excluding hydrogens is 388 g/mol. The van der Waals surface area contributed by atoms with Crippen LogP contribution in [-0.4, -0.2) is 30.8 Å². The van der Waals surface area contributed by atoms with Crippen molar-refractivity contribution < 1.29 is 19.0 Å². The largest absolute Gasteiger partial charge is 0.463 e. The molecule has 2 aliphatic heterocycles. The number of esters is 1. The highest BCUT2D eigenvalue weighted by atomic mass is 32.2. The molecule has 2 aromatic rings. The zero-order valence-electron chi connectivity index (χ0n) is 16.5. The third-order valence-corrected chi connectivity index (χ3v) is 5.49. The smallest absolute Gasteiger partial charge is 0.338 e. The van der Waals surface area contributed by atoms with Crippen molar-refractivity contribution >= 4 is 28.6 Å². The van der Waals surface area contributed by atoms with Gasteiger partial charge in [0, 0.05) is 11.4 Å². The monoisotopic (exact) mass is 410 g/mol. The summed E-state index contributed by atoms with van der Waals surface area (Å²) in [7, 11) is 0. The Bertz CT molecular complexity index is 988. The lowest BCUT2D eigenvalue weighted by atomic mass is 9.95. The van der Waals surface area contributed by atoms with Gasteiger partial charge in [-0.3, -0.25) is 4.90 Å². The molecule has 150 valence electrons. The van der Waals surface area contributed by atoms with E-state index in [4.69, 9.17) is 19.2 Å². The molecule has 0 fully saturated rings. The summed E-state index contributed by atoms with van der Waals surface area (Å²) < 4.78 is 16.3. The first-order valence-electron chi connectivity index (χ1n) is 9.38. The summed E-state index contributed by atoms with van der Waals surface area (Å²) in [5.41, 5.74) is 3.13. The fourth-order valence-corrected chi connectivity index (χ4v) is 4.15. The van der Waals surface area contributed by atoms with Gasteiger partial charge in [0.1, 0.15) is 6.04 Å². The molecule has 0 bridgehead atoms. The van der Waals surface area contributed by atoms with Crippen LogP contribution in [-0.2, 0) is 9.53 Å². The quantitative estimate of drug-likeness (QED) is 0.690. The minimum atomic E-state index is -0.481. The Morgan fingerprint density at radius 2 is 1.97 bits per heavy atom. The van der Waals surface area contributed by atoms with Crippen molar-refractivity contribution in [2.75, 3.05) is 24.6 Å². The number of fused-ring (bicyclic) bond motifs is 1. The summed E-state index contributed by atoms with van der Waals surface area (Å²) in [5.74, 6) is 0.996. The number of rotatable bonds is 4. The van der Waals surface area contributed by atoms with E-state index in [9.17, 15) is 4.79 Å². The number of carbonyl (C=O) groups excluding carboxylic acids is 1. The lowest BCUT2D eigenvalue weighted by molar-refractivity contribution is -0.138. The van der Waals surface area contributed by atoms with Gasteiger partial charge < -0.3 is 14.2 Å². The average Bonchev–Trinajstić information content (AvgIpc) is 3.21. The summed E-state index contributed by atoms with van der Waals surface area (Å²) in [4.78, 5) is 19.9. The number of hydrogen-bond acceptors (Lipinski definition) is 7. The molecule has 1 unspecified atom stereocenters. The number of benzene rings is 2. The minimum Gasteiger partial charge on any atom is -0.463 e. The number of nitrogens with zero attached hydrogens (tertiary/aromatic N) is 2. The number of para-hydroxylation sites is 1. The van der Waals surface area contributed by atoms with Crippen molar-refractivity contribution in [2.24, 2.45) is 4.99 Å². The van der Waals surface area contributed by atoms with Gasteiger partial charge in [-0.05, 0) is 49.9 Å². The molecule has 0 radical (unpaired) electrons. The lowest BCUT2D eigenvalue weighted by Gasteiger charge is -2.34. The van der Waals surface area contributed by atoms with Crippen LogP contribution in [0.15, 0.2) is 64.8 Å². The van der Waals surface area contributed by atoms with Crippen molar-refractivity contribution in [3.63, 3.8) is 0 Å². The van der Waals surface area contributed by atoms with Crippen LogP contribution < -0.4 is 14.4 Å². The Kier molecular flexibility index (Phi) is 5.49. The predicted molar refractivity (Wildman–Crippen MR) is 115 cm³/mol. The molecule has 7 heteroatoms. The number of anilines is 1. The van der Waals surface area contributed by atoms with Gasteiger partial charge in [-0.2, -0.15) is 0 Å². The number of thioether (sulfide) groups is 1. The first-order valence-corrected chi connectivity index (χ1v) is 10.6. The standard InChI is InChI=1S/C22H22N2O4S/c1-4-26-21(25)19-14(2)24(16-8-6-5-7-9-16)22(29-3)23-20(19)15-10-11-17-18(12-15)28-13-27-17/h5-12,20H,4,13H2,1-3H3. The molecule has 0 amide bonds. The van der Waals surface area contributed by atoms with Crippen LogP contribution >= 0.6 is 11.8 Å². The van der Waals surface area contributed by atoms with E-state index in [0.717, 1.165) is 22.1 Å². The molecular formula is C22H22N2O4S. The Labute approximate surface area is 174 Å². The summed E-state index contributed by atoms with van der Waals surface area (Å²) in [6, 6.07) is 15.1. The lowest BCUT2D eigenvalue weighted by Crippen LogP contribution is -2.35. The van der Waals surface area contributed by atoms with Gasteiger partial charge in [0.05, 0.1) is 12.2 Å². The molecule has 6 nitrogen and oxygen atoms in total. The average molecular weight is 410 g/mol. The Balaban J connectivity index is 1.84. The van der Waals surface area contributed by atoms with Gasteiger partial charge in [0.25, 0.3) is 0 Å². The summed E-state index contributed by atoms with van der Waals surface area (Å²) >= 11 is 1.54. The minimum absolute atomic E-state index is 0.199. The van der Waals surface area contributed by atoms with Crippen LogP contribution in [0.2, 0.25) is 0 Å². The number of aliphatic imine (C=N–C) groups is 1. The third kappa shape index (κ3) is 3.58. The van der Waals surface area contributed by atoms with E-state index in [1.165, 1.54) is 11.8 Å².